The SMILES string of the molecule is [2H]c1c([2H])c([2H])c([C@@](Cc2ccccc2)(OC(=O)CC)[C@H](C)CN(C([2H])([2H])[2H])C([2H])([2H])[2H])c([2H])c1[2H]. The lowest BCUT2D eigenvalue weighted by Gasteiger charge is -2.40. The molecule has 0 saturated carbocycles. The van der Waals surface area contributed by atoms with Gasteiger partial charge in [0.1, 0.15) is 5.60 Å². The van der Waals surface area contributed by atoms with E-state index in [-0.39, 0.29) is 18.4 Å². The van der Waals surface area contributed by atoms with Gasteiger partial charge in [-0.05, 0) is 25.1 Å². The topological polar surface area (TPSA) is 29.5 Å². The summed E-state index contributed by atoms with van der Waals surface area (Å²) in [5.41, 5.74) is -1.77. The number of carbonyl (C=O) groups excluding carboxylic acids is 1. The minimum Gasteiger partial charge on any atom is -0.453 e. The first-order valence-electron chi connectivity index (χ1n) is 13.6. The van der Waals surface area contributed by atoms with E-state index in [9.17, 15) is 4.79 Å². The minimum atomic E-state index is -3.05. The Kier molecular flexibility index (Phi) is 3.17. The van der Waals surface area contributed by atoms with Gasteiger partial charge in [-0.3, -0.25) is 4.79 Å². The highest BCUT2D eigenvalue weighted by atomic mass is 16.6. The molecule has 2 atom stereocenters. The lowest BCUT2D eigenvalue weighted by atomic mass is 9.77. The number of hydrogen-bond donors (Lipinski definition) is 0. The van der Waals surface area contributed by atoms with Crippen LogP contribution in [0.1, 0.15) is 46.5 Å². The first-order valence-corrected chi connectivity index (χ1v) is 8.08. The van der Waals surface area contributed by atoms with Crippen molar-refractivity contribution in [1.29, 1.82) is 0 Å². The van der Waals surface area contributed by atoms with Gasteiger partial charge < -0.3 is 9.64 Å². The van der Waals surface area contributed by atoms with Gasteiger partial charge in [-0.1, -0.05) is 74.4 Å². The molecule has 0 radical (unpaired) electrons. The Bertz CT molecular complexity index is 1040. The van der Waals surface area contributed by atoms with Crippen LogP contribution in [-0.2, 0) is 21.6 Å². The lowest BCUT2D eigenvalue weighted by molar-refractivity contribution is -0.168. The molecule has 0 fully saturated rings. The van der Waals surface area contributed by atoms with Crippen molar-refractivity contribution in [2.45, 2.75) is 32.3 Å². The van der Waals surface area contributed by atoms with Gasteiger partial charge in [0.25, 0.3) is 0 Å². The molecule has 0 bridgehead atoms. The molecule has 134 valence electrons. The van der Waals surface area contributed by atoms with Crippen LogP contribution in [0, 0.1) is 5.92 Å². The van der Waals surface area contributed by atoms with Gasteiger partial charge in [0.2, 0.25) is 0 Å². The van der Waals surface area contributed by atoms with E-state index in [1.807, 2.05) is 0 Å². The molecule has 0 aliphatic carbocycles. The molecule has 0 spiro atoms. The summed E-state index contributed by atoms with van der Waals surface area (Å²) < 4.78 is 93.9. The average molecular weight is 351 g/mol. The third-order valence-electron chi connectivity index (χ3n) is 4.07. The normalized spacial score (nSPS) is 22.1. The largest absolute Gasteiger partial charge is 0.453 e. The Hall–Kier alpha value is -2.13. The van der Waals surface area contributed by atoms with Gasteiger partial charge in [0.15, 0.2) is 0 Å². The van der Waals surface area contributed by atoms with Gasteiger partial charge in [-0.25, -0.2) is 0 Å². The van der Waals surface area contributed by atoms with Crippen LogP contribution in [0.2, 0.25) is 0 Å². The molecule has 0 amide bonds. The average Bonchev–Trinajstić information content (AvgIpc) is 2.78. The summed E-state index contributed by atoms with van der Waals surface area (Å²) in [7, 11) is 0. The molecule has 2 aromatic carbocycles. The molecule has 0 saturated heterocycles. The number of rotatable bonds is 8. The molecule has 0 aliphatic heterocycles. The van der Waals surface area contributed by atoms with Crippen molar-refractivity contribution < 1.29 is 24.6 Å². The second kappa shape index (κ2) is 8.82. The molecule has 0 aromatic heterocycles. The quantitative estimate of drug-likeness (QED) is 0.666. The van der Waals surface area contributed by atoms with Crippen LogP contribution >= 0.6 is 0 Å². The lowest BCUT2D eigenvalue weighted by Crippen LogP contribution is -2.44. The van der Waals surface area contributed by atoms with Crippen molar-refractivity contribution in [3.05, 3.63) is 71.7 Å². The van der Waals surface area contributed by atoms with Gasteiger partial charge in [0.05, 0.1) is 6.85 Å². The summed E-state index contributed by atoms with van der Waals surface area (Å²) in [4.78, 5) is 13.0. The number of nitrogens with zero attached hydrogens (tertiary/aromatic N) is 1. The molecule has 0 aliphatic rings. The van der Waals surface area contributed by atoms with Crippen molar-refractivity contribution in [1.82, 2.24) is 4.90 Å². The molecule has 3 heteroatoms. The maximum Gasteiger partial charge on any atom is 0.306 e. The molecule has 2 aromatic rings. The zero-order chi connectivity index (χ0) is 27.6. The monoisotopic (exact) mass is 350 g/mol. The van der Waals surface area contributed by atoms with E-state index >= 15 is 0 Å². The third kappa shape index (κ3) is 4.93. The summed E-state index contributed by atoms with van der Waals surface area (Å²) >= 11 is 0. The van der Waals surface area contributed by atoms with Gasteiger partial charge in [0, 0.05) is 33.5 Å². The Morgan fingerprint density at radius 3 is 2.52 bits per heavy atom. The number of ether oxygens (including phenoxy) is 1. The van der Waals surface area contributed by atoms with Crippen LogP contribution in [0.3, 0.4) is 0 Å². The fraction of sp³-hybridized carbons (Fsp3) is 0.409. The van der Waals surface area contributed by atoms with Crippen LogP contribution in [0.4, 0.5) is 0 Å². The fourth-order valence-electron chi connectivity index (χ4n) is 2.75. The molecule has 0 unspecified atom stereocenters. The van der Waals surface area contributed by atoms with Crippen LogP contribution in [0.15, 0.2) is 60.5 Å². The highest BCUT2D eigenvalue weighted by Gasteiger charge is 2.42. The Morgan fingerprint density at radius 2 is 1.92 bits per heavy atom. The van der Waals surface area contributed by atoms with Crippen molar-refractivity contribution >= 4 is 5.97 Å². The van der Waals surface area contributed by atoms with Crippen molar-refractivity contribution in [3.8, 4) is 0 Å². The van der Waals surface area contributed by atoms with E-state index in [2.05, 4.69) is 0 Å². The van der Waals surface area contributed by atoms with Gasteiger partial charge >= 0.3 is 5.97 Å². The maximum atomic E-state index is 12.7. The Labute approximate surface area is 167 Å². The van der Waals surface area contributed by atoms with E-state index < -0.39 is 68.2 Å². The summed E-state index contributed by atoms with van der Waals surface area (Å²) in [5, 5.41) is 0. The van der Waals surface area contributed by atoms with Crippen molar-refractivity contribution in [3.63, 3.8) is 0 Å². The number of hydrogen-bond acceptors (Lipinski definition) is 3. The first kappa shape index (κ1) is 9.00. The number of carbonyl (C=O) groups is 1. The van der Waals surface area contributed by atoms with Crippen LogP contribution in [0.5, 0.6) is 0 Å². The highest BCUT2D eigenvalue weighted by molar-refractivity contribution is 5.69. The molecular formula is C22H29NO2. The summed E-state index contributed by atoms with van der Waals surface area (Å²) in [6.07, 6.45) is -0.311. The van der Waals surface area contributed by atoms with Gasteiger partial charge in [-0.2, -0.15) is 0 Å². The second-order valence-electron chi connectivity index (χ2n) is 5.89. The zero-order valence-electron chi connectivity index (χ0n) is 25.3. The molecule has 25 heavy (non-hydrogen) atoms. The first-order chi connectivity index (χ1) is 16.5. The van der Waals surface area contributed by atoms with Crippen LogP contribution in [-0.4, -0.2) is 31.4 Å². The van der Waals surface area contributed by atoms with Crippen LogP contribution < -0.4 is 0 Å². The Balaban J connectivity index is 2.92. The number of esters is 1. The Morgan fingerprint density at radius 1 is 1.24 bits per heavy atom. The molecule has 0 N–H and O–H groups in total. The standard InChI is InChI=1S/C22H29NO2/c1-5-21(24)25-22(18(2)17-23(3)4,20-14-10-7-11-15-20)16-19-12-8-6-9-13-19/h6-15,18H,5,16-17H2,1-4H3/t18-,22+/m1/s1/i3D3,4D3,7D,10D,11D,14D,15D. The van der Waals surface area contributed by atoms with Crippen molar-refractivity contribution in [2.24, 2.45) is 5.92 Å². The molecule has 3 nitrogen and oxygen atoms in total. The van der Waals surface area contributed by atoms with Crippen molar-refractivity contribution in [2.75, 3.05) is 20.5 Å². The molecular weight excluding hydrogens is 310 g/mol. The zero-order valence-corrected chi connectivity index (χ0v) is 14.3. The molecule has 2 rings (SSSR count). The van der Waals surface area contributed by atoms with E-state index in [1.54, 1.807) is 30.3 Å². The smallest absolute Gasteiger partial charge is 0.306 e. The van der Waals surface area contributed by atoms with E-state index in [0.717, 1.165) is 0 Å². The number of benzene rings is 2. The fourth-order valence-corrected chi connectivity index (χ4v) is 2.75. The summed E-state index contributed by atoms with van der Waals surface area (Å²) in [5.74, 6) is -1.91. The van der Waals surface area contributed by atoms with Gasteiger partial charge in [-0.15, -0.1) is 0 Å². The minimum absolute atomic E-state index is 0.121. The second-order valence-corrected chi connectivity index (χ2v) is 5.89. The highest BCUT2D eigenvalue weighted by Crippen LogP contribution is 2.38. The third-order valence-corrected chi connectivity index (χ3v) is 4.07. The van der Waals surface area contributed by atoms with Crippen LogP contribution in [0.25, 0.3) is 0 Å². The maximum absolute atomic E-state index is 12.7. The summed E-state index contributed by atoms with van der Waals surface area (Å²) in [6, 6.07) is 5.29. The van der Waals surface area contributed by atoms with E-state index in [0.29, 0.717) is 10.5 Å². The predicted octanol–water partition coefficient (Wildman–Crippen LogP) is 4.28. The predicted molar refractivity (Wildman–Crippen MR) is 102 cm³/mol. The van der Waals surface area contributed by atoms with E-state index in [4.69, 9.17) is 19.8 Å². The molecule has 0 heterocycles. The summed E-state index contributed by atoms with van der Waals surface area (Å²) in [6.45, 7) is -3.80. The van der Waals surface area contributed by atoms with E-state index in [1.165, 1.54) is 13.8 Å².